The van der Waals surface area contributed by atoms with Gasteiger partial charge in [0.2, 0.25) is 0 Å². The van der Waals surface area contributed by atoms with Crippen LogP contribution in [0.3, 0.4) is 0 Å². The van der Waals surface area contributed by atoms with Gasteiger partial charge in [0.15, 0.2) is 0 Å². The molecule has 1 aliphatic rings. The Bertz CT molecular complexity index is 434. The van der Waals surface area contributed by atoms with Crippen molar-refractivity contribution < 1.29 is 18.3 Å². The van der Waals surface area contributed by atoms with Crippen LogP contribution >= 0.6 is 11.8 Å². The van der Waals surface area contributed by atoms with Crippen LogP contribution < -0.4 is 0 Å². The number of rotatable bonds is 1. The zero-order chi connectivity index (χ0) is 12.8. The lowest BCUT2D eigenvalue weighted by Gasteiger charge is -2.26. The maximum Gasteiger partial charge on any atom is 0.416 e. The van der Waals surface area contributed by atoms with E-state index in [0.717, 1.165) is 17.0 Å². The smallest absolute Gasteiger partial charge is 0.390 e. The molecule has 0 saturated heterocycles. The number of hydrogen-bond acceptors (Lipinski definition) is 2. The normalized spacial score (nSPS) is 20.5. The second kappa shape index (κ2) is 3.92. The van der Waals surface area contributed by atoms with E-state index >= 15 is 0 Å². The average Bonchev–Trinajstić information content (AvgIpc) is 2.57. The fraction of sp³-hybridized carbons (Fsp3) is 0.500. The van der Waals surface area contributed by atoms with E-state index in [4.69, 9.17) is 0 Å². The van der Waals surface area contributed by atoms with Crippen LogP contribution in [0, 0.1) is 0 Å². The van der Waals surface area contributed by atoms with E-state index in [-0.39, 0.29) is 5.92 Å². The van der Waals surface area contributed by atoms with Crippen molar-refractivity contribution >= 4 is 11.8 Å². The number of hydrogen-bond donors (Lipinski definition) is 1. The van der Waals surface area contributed by atoms with Crippen molar-refractivity contribution in [3.05, 3.63) is 29.3 Å². The molecule has 5 heteroatoms. The minimum atomic E-state index is -4.33. The molecule has 0 spiro atoms. The Morgan fingerprint density at radius 1 is 1.29 bits per heavy atom. The average molecular weight is 262 g/mol. The topological polar surface area (TPSA) is 20.2 Å². The molecule has 0 saturated carbocycles. The Balaban J connectivity index is 2.45. The van der Waals surface area contributed by atoms with Crippen molar-refractivity contribution in [2.75, 3.05) is 5.75 Å². The lowest BCUT2D eigenvalue weighted by molar-refractivity contribution is -0.137. The highest BCUT2D eigenvalue weighted by atomic mass is 32.2. The Labute approximate surface area is 102 Å². The van der Waals surface area contributed by atoms with Crippen LogP contribution in [0.2, 0.25) is 0 Å². The molecule has 1 aliphatic heterocycles. The number of aliphatic hydroxyl groups is 1. The highest BCUT2D eigenvalue weighted by molar-refractivity contribution is 7.99. The molecule has 0 aliphatic carbocycles. The van der Waals surface area contributed by atoms with E-state index in [1.807, 2.05) is 0 Å². The largest absolute Gasteiger partial charge is 0.416 e. The summed E-state index contributed by atoms with van der Waals surface area (Å²) in [6.45, 7) is 3.27. The fourth-order valence-corrected chi connectivity index (χ4v) is 3.44. The number of benzene rings is 1. The van der Waals surface area contributed by atoms with Crippen molar-refractivity contribution in [3.63, 3.8) is 0 Å². The predicted molar refractivity (Wildman–Crippen MR) is 61.2 cm³/mol. The van der Waals surface area contributed by atoms with Crippen LogP contribution in [-0.4, -0.2) is 16.5 Å². The summed E-state index contributed by atoms with van der Waals surface area (Å²) in [4.78, 5) is 0.838. The molecule has 0 amide bonds. The molecule has 1 atom stereocenters. The molecule has 1 unspecified atom stereocenters. The highest BCUT2D eigenvalue weighted by Crippen LogP contribution is 2.46. The van der Waals surface area contributed by atoms with Gasteiger partial charge in [0.05, 0.1) is 11.2 Å². The lowest BCUT2D eigenvalue weighted by atomic mass is 9.86. The van der Waals surface area contributed by atoms with Crippen LogP contribution in [0.25, 0.3) is 0 Å². The summed E-state index contributed by atoms with van der Waals surface area (Å²) >= 11 is 1.49. The van der Waals surface area contributed by atoms with E-state index in [2.05, 4.69) is 0 Å². The predicted octanol–water partition coefficient (Wildman–Crippen LogP) is 3.67. The molecule has 0 bridgehead atoms. The summed E-state index contributed by atoms with van der Waals surface area (Å²) in [6, 6.07) is 3.76. The third-order valence-corrected chi connectivity index (χ3v) is 4.15. The van der Waals surface area contributed by atoms with E-state index in [9.17, 15) is 18.3 Å². The highest BCUT2D eigenvalue weighted by Gasteiger charge is 2.37. The van der Waals surface area contributed by atoms with Crippen molar-refractivity contribution in [1.82, 2.24) is 0 Å². The number of thioether (sulfide) groups is 1. The van der Waals surface area contributed by atoms with E-state index < -0.39 is 17.3 Å². The molecule has 2 rings (SSSR count). The zero-order valence-electron chi connectivity index (χ0n) is 9.51. The second-order valence-electron chi connectivity index (χ2n) is 4.77. The van der Waals surface area contributed by atoms with Crippen LogP contribution in [0.5, 0.6) is 0 Å². The molecule has 17 heavy (non-hydrogen) atoms. The Morgan fingerprint density at radius 3 is 2.47 bits per heavy atom. The molecule has 1 aromatic rings. The van der Waals surface area contributed by atoms with Gasteiger partial charge in [-0.15, -0.1) is 11.8 Å². The van der Waals surface area contributed by atoms with Gasteiger partial charge in [-0.25, -0.2) is 0 Å². The molecule has 0 fully saturated rings. The Hall–Kier alpha value is -0.680. The van der Waals surface area contributed by atoms with E-state index in [1.54, 1.807) is 13.8 Å². The van der Waals surface area contributed by atoms with Gasteiger partial charge in [0, 0.05) is 16.6 Å². The molecular weight excluding hydrogens is 249 g/mol. The number of halogens is 3. The first-order valence-corrected chi connectivity index (χ1v) is 6.24. The molecule has 94 valence electrons. The summed E-state index contributed by atoms with van der Waals surface area (Å²) in [6.07, 6.45) is -4.33. The van der Waals surface area contributed by atoms with Gasteiger partial charge in [-0.2, -0.15) is 13.2 Å². The van der Waals surface area contributed by atoms with Crippen LogP contribution in [0.4, 0.5) is 13.2 Å². The van der Waals surface area contributed by atoms with Gasteiger partial charge in [0.1, 0.15) is 0 Å². The molecule has 1 N–H and O–H groups in total. The van der Waals surface area contributed by atoms with Gasteiger partial charge in [-0.1, -0.05) is 0 Å². The summed E-state index contributed by atoms with van der Waals surface area (Å²) in [5.74, 6) is 0.380. The van der Waals surface area contributed by atoms with E-state index in [1.165, 1.54) is 17.8 Å². The number of fused-ring (bicyclic) bond motifs is 1. The van der Waals surface area contributed by atoms with Gasteiger partial charge in [-0.3, -0.25) is 0 Å². The first kappa shape index (κ1) is 12.8. The van der Waals surface area contributed by atoms with Crippen molar-refractivity contribution in [3.8, 4) is 0 Å². The molecule has 1 heterocycles. The third-order valence-electron chi connectivity index (χ3n) is 2.97. The van der Waals surface area contributed by atoms with Crippen molar-refractivity contribution in [2.45, 2.75) is 36.4 Å². The lowest BCUT2D eigenvalue weighted by Crippen LogP contribution is -2.29. The summed E-state index contributed by atoms with van der Waals surface area (Å²) in [5.41, 5.74) is -1.03. The first-order chi connectivity index (χ1) is 7.69. The maximum atomic E-state index is 12.6. The standard InChI is InChI=1S/C12H13F3OS/c1-11(2,16)9-6-17-10-4-3-7(5-8(9)10)12(13,14)15/h3-5,9,16H,6H2,1-2H3. The molecular formula is C12H13F3OS. The van der Waals surface area contributed by atoms with Crippen LogP contribution in [0.1, 0.15) is 30.9 Å². The Morgan fingerprint density at radius 2 is 1.94 bits per heavy atom. The summed E-state index contributed by atoms with van der Waals surface area (Å²) in [5, 5.41) is 9.96. The summed E-state index contributed by atoms with van der Waals surface area (Å²) < 4.78 is 37.8. The molecule has 1 aromatic carbocycles. The maximum absolute atomic E-state index is 12.6. The third kappa shape index (κ3) is 2.45. The first-order valence-electron chi connectivity index (χ1n) is 5.26. The van der Waals surface area contributed by atoms with Gasteiger partial charge < -0.3 is 5.11 Å². The van der Waals surface area contributed by atoms with Gasteiger partial charge in [-0.05, 0) is 37.6 Å². The van der Waals surface area contributed by atoms with Crippen molar-refractivity contribution in [1.29, 1.82) is 0 Å². The van der Waals surface area contributed by atoms with Gasteiger partial charge in [0.25, 0.3) is 0 Å². The van der Waals surface area contributed by atoms with E-state index in [0.29, 0.717) is 11.3 Å². The fourth-order valence-electron chi connectivity index (χ4n) is 1.98. The quantitative estimate of drug-likeness (QED) is 0.833. The molecule has 1 nitrogen and oxygen atoms in total. The SMILES string of the molecule is CC(C)(O)C1CSc2ccc(C(F)(F)F)cc21. The monoisotopic (exact) mass is 262 g/mol. The van der Waals surface area contributed by atoms with Crippen molar-refractivity contribution in [2.24, 2.45) is 0 Å². The molecule has 0 aromatic heterocycles. The second-order valence-corrected chi connectivity index (χ2v) is 5.83. The summed E-state index contributed by atoms with van der Waals surface area (Å²) in [7, 11) is 0. The minimum absolute atomic E-state index is 0.246. The van der Waals surface area contributed by atoms with Crippen LogP contribution in [0.15, 0.2) is 23.1 Å². The number of alkyl halides is 3. The molecule has 0 radical (unpaired) electrons. The minimum Gasteiger partial charge on any atom is -0.390 e. The van der Waals surface area contributed by atoms with Gasteiger partial charge >= 0.3 is 6.18 Å². The van der Waals surface area contributed by atoms with Crippen LogP contribution in [-0.2, 0) is 6.18 Å². The zero-order valence-corrected chi connectivity index (χ0v) is 10.3. The Kier molecular flexibility index (Phi) is 2.94.